The molecular weight excluding hydrogens is 346 g/mol. The first-order chi connectivity index (χ1) is 13.2. The van der Waals surface area contributed by atoms with Crippen LogP contribution in [0, 0.1) is 0 Å². The number of hydrogen-bond donors (Lipinski definition) is 0. The molecule has 0 radical (unpaired) electrons. The van der Waals surface area contributed by atoms with Crippen molar-refractivity contribution >= 4 is 5.97 Å². The maximum absolute atomic E-state index is 12.7. The second kappa shape index (κ2) is 10.2. The van der Waals surface area contributed by atoms with Crippen LogP contribution in [0.2, 0.25) is 0 Å². The van der Waals surface area contributed by atoms with E-state index in [4.69, 9.17) is 4.74 Å². The Bertz CT molecular complexity index is 756. The topological polar surface area (TPSA) is 29.5 Å². The third-order valence-electron chi connectivity index (χ3n) is 4.37. The van der Waals surface area contributed by atoms with Crippen LogP contribution in [0.15, 0.2) is 72.3 Å². The van der Waals surface area contributed by atoms with E-state index in [0.29, 0.717) is 6.42 Å². The van der Waals surface area contributed by atoms with Crippen LogP contribution >= 0.6 is 0 Å². The third-order valence-corrected chi connectivity index (χ3v) is 4.37. The van der Waals surface area contributed by atoms with E-state index in [-0.39, 0.29) is 12.0 Å². The van der Waals surface area contributed by atoms with Crippen molar-refractivity contribution in [3.05, 3.63) is 83.4 Å². The Kier molecular flexibility index (Phi) is 8.01. The Balaban J connectivity index is 2.33. The normalized spacial score (nSPS) is 12.5. The fraction of sp³-hybridized carbons (Fsp3) is 0.400. The van der Waals surface area contributed by atoms with E-state index in [1.165, 1.54) is 11.1 Å². The van der Waals surface area contributed by atoms with Crippen LogP contribution in [0.25, 0.3) is 0 Å². The fourth-order valence-corrected chi connectivity index (χ4v) is 3.09. The summed E-state index contributed by atoms with van der Waals surface area (Å²) in [5, 5.41) is 0. The molecule has 0 heterocycles. The minimum atomic E-state index is -0.484. The summed E-state index contributed by atoms with van der Waals surface area (Å²) in [5.74, 6) is -0.170. The molecular formula is C25H33NO2. The van der Waals surface area contributed by atoms with Crippen LogP contribution in [0.1, 0.15) is 58.2 Å². The molecule has 0 spiro atoms. The Morgan fingerprint density at radius 3 is 2.11 bits per heavy atom. The standard InChI is InChI=1S/C25H33NO2/c1-20(2)16-17-26(19-21-12-8-6-9-13-21)23(22-14-10-7-11-15-22)18-24(27)28-25(3,4)5/h6-16,23H,17-19H2,1-5H3. The van der Waals surface area contributed by atoms with Gasteiger partial charge in [-0.15, -0.1) is 0 Å². The van der Waals surface area contributed by atoms with E-state index in [2.05, 4.69) is 61.2 Å². The number of hydrogen-bond acceptors (Lipinski definition) is 3. The van der Waals surface area contributed by atoms with Crippen molar-refractivity contribution in [3.63, 3.8) is 0 Å². The van der Waals surface area contributed by atoms with Gasteiger partial charge >= 0.3 is 5.97 Å². The minimum Gasteiger partial charge on any atom is -0.460 e. The van der Waals surface area contributed by atoms with Crippen molar-refractivity contribution in [1.29, 1.82) is 0 Å². The summed E-state index contributed by atoms with van der Waals surface area (Å²) in [6, 6.07) is 20.6. The van der Waals surface area contributed by atoms with Gasteiger partial charge in [0, 0.05) is 19.1 Å². The molecule has 0 N–H and O–H groups in total. The first-order valence-electron chi connectivity index (χ1n) is 9.93. The third kappa shape index (κ3) is 7.69. The van der Waals surface area contributed by atoms with Crippen molar-refractivity contribution in [2.45, 2.75) is 59.2 Å². The van der Waals surface area contributed by atoms with Gasteiger partial charge in [0.15, 0.2) is 0 Å². The molecule has 0 aliphatic carbocycles. The minimum absolute atomic E-state index is 0.0492. The van der Waals surface area contributed by atoms with Gasteiger partial charge in [-0.25, -0.2) is 0 Å². The van der Waals surface area contributed by atoms with Crippen LogP contribution in [0.5, 0.6) is 0 Å². The lowest BCUT2D eigenvalue weighted by molar-refractivity contribution is -0.156. The summed E-state index contributed by atoms with van der Waals surface area (Å²) >= 11 is 0. The molecule has 0 saturated carbocycles. The summed E-state index contributed by atoms with van der Waals surface area (Å²) in [7, 11) is 0. The summed E-state index contributed by atoms with van der Waals surface area (Å²) < 4.78 is 5.63. The van der Waals surface area contributed by atoms with E-state index >= 15 is 0 Å². The second-order valence-corrected chi connectivity index (χ2v) is 8.41. The number of carbonyl (C=O) groups excluding carboxylic acids is 1. The van der Waals surface area contributed by atoms with Crippen molar-refractivity contribution < 1.29 is 9.53 Å². The van der Waals surface area contributed by atoms with E-state index in [1.807, 2.05) is 45.0 Å². The summed E-state index contributed by atoms with van der Waals surface area (Å²) in [6.07, 6.45) is 2.54. The van der Waals surface area contributed by atoms with Crippen molar-refractivity contribution in [2.75, 3.05) is 6.54 Å². The van der Waals surface area contributed by atoms with E-state index in [1.54, 1.807) is 0 Å². The molecule has 0 aliphatic rings. The lowest BCUT2D eigenvalue weighted by atomic mass is 10.0. The average Bonchev–Trinajstić information content (AvgIpc) is 2.63. The monoisotopic (exact) mass is 379 g/mol. The molecule has 0 bridgehead atoms. The SMILES string of the molecule is CC(C)=CCN(Cc1ccccc1)C(CC(=O)OC(C)(C)C)c1ccccc1. The van der Waals surface area contributed by atoms with Crippen LogP contribution in [-0.2, 0) is 16.1 Å². The predicted molar refractivity (Wildman–Crippen MR) is 116 cm³/mol. The molecule has 28 heavy (non-hydrogen) atoms. The van der Waals surface area contributed by atoms with Gasteiger partial charge in [0.1, 0.15) is 5.60 Å². The van der Waals surface area contributed by atoms with Gasteiger partial charge < -0.3 is 4.74 Å². The molecule has 0 saturated heterocycles. The molecule has 3 nitrogen and oxygen atoms in total. The number of allylic oxidation sites excluding steroid dienone is 1. The zero-order valence-corrected chi connectivity index (χ0v) is 17.8. The second-order valence-electron chi connectivity index (χ2n) is 8.41. The highest BCUT2D eigenvalue weighted by Gasteiger charge is 2.26. The molecule has 0 amide bonds. The lowest BCUT2D eigenvalue weighted by Crippen LogP contribution is -2.33. The number of ether oxygens (including phenoxy) is 1. The molecule has 2 rings (SSSR count). The summed E-state index contributed by atoms with van der Waals surface area (Å²) in [4.78, 5) is 15.0. The maximum atomic E-state index is 12.7. The Hall–Kier alpha value is -2.39. The first kappa shape index (κ1) is 21.9. The van der Waals surface area contributed by atoms with Gasteiger partial charge in [-0.2, -0.15) is 0 Å². The van der Waals surface area contributed by atoms with E-state index in [9.17, 15) is 4.79 Å². The highest BCUT2D eigenvalue weighted by Crippen LogP contribution is 2.28. The van der Waals surface area contributed by atoms with Gasteiger partial charge in [0.25, 0.3) is 0 Å². The number of carbonyl (C=O) groups is 1. The Morgan fingerprint density at radius 2 is 1.57 bits per heavy atom. The number of benzene rings is 2. The van der Waals surface area contributed by atoms with Crippen molar-refractivity contribution in [1.82, 2.24) is 4.90 Å². The molecule has 150 valence electrons. The zero-order chi connectivity index (χ0) is 20.6. The predicted octanol–water partition coefficient (Wildman–Crippen LogP) is 5.93. The first-order valence-corrected chi connectivity index (χ1v) is 9.93. The molecule has 2 aromatic carbocycles. The Labute approximate surface area is 170 Å². The fourth-order valence-electron chi connectivity index (χ4n) is 3.09. The van der Waals surface area contributed by atoms with Gasteiger partial charge in [-0.05, 0) is 45.7 Å². The van der Waals surface area contributed by atoms with Gasteiger partial charge in [-0.1, -0.05) is 72.3 Å². The van der Waals surface area contributed by atoms with Crippen LogP contribution in [-0.4, -0.2) is 23.0 Å². The largest absolute Gasteiger partial charge is 0.460 e. The Morgan fingerprint density at radius 1 is 1.00 bits per heavy atom. The van der Waals surface area contributed by atoms with E-state index in [0.717, 1.165) is 18.7 Å². The quantitative estimate of drug-likeness (QED) is 0.421. The lowest BCUT2D eigenvalue weighted by Gasteiger charge is -2.32. The summed E-state index contributed by atoms with van der Waals surface area (Å²) in [5.41, 5.74) is 3.14. The van der Waals surface area contributed by atoms with Gasteiger partial charge in [-0.3, -0.25) is 9.69 Å². The number of esters is 1. The zero-order valence-electron chi connectivity index (χ0n) is 17.8. The van der Waals surface area contributed by atoms with E-state index < -0.39 is 5.60 Å². The highest BCUT2D eigenvalue weighted by atomic mass is 16.6. The molecule has 2 aromatic rings. The maximum Gasteiger partial charge on any atom is 0.308 e. The van der Waals surface area contributed by atoms with Crippen molar-refractivity contribution in [3.8, 4) is 0 Å². The van der Waals surface area contributed by atoms with Crippen LogP contribution in [0.4, 0.5) is 0 Å². The molecule has 0 fully saturated rings. The molecule has 1 unspecified atom stereocenters. The smallest absolute Gasteiger partial charge is 0.308 e. The van der Waals surface area contributed by atoms with Crippen molar-refractivity contribution in [2.24, 2.45) is 0 Å². The number of nitrogens with zero attached hydrogens (tertiary/aromatic N) is 1. The van der Waals surface area contributed by atoms with Crippen LogP contribution in [0.3, 0.4) is 0 Å². The van der Waals surface area contributed by atoms with Gasteiger partial charge in [0.2, 0.25) is 0 Å². The highest BCUT2D eigenvalue weighted by molar-refractivity contribution is 5.71. The number of rotatable bonds is 8. The molecule has 3 heteroatoms. The summed E-state index contributed by atoms with van der Waals surface area (Å²) in [6.45, 7) is 11.5. The molecule has 0 aliphatic heterocycles. The van der Waals surface area contributed by atoms with Crippen LogP contribution < -0.4 is 0 Å². The molecule has 1 atom stereocenters. The van der Waals surface area contributed by atoms with Gasteiger partial charge in [0.05, 0.1) is 6.42 Å². The average molecular weight is 380 g/mol. The molecule has 0 aromatic heterocycles.